The van der Waals surface area contributed by atoms with E-state index < -0.39 is 0 Å². The highest BCUT2D eigenvalue weighted by Gasteiger charge is 2.33. The Labute approximate surface area is 75.2 Å². The summed E-state index contributed by atoms with van der Waals surface area (Å²) in [4.78, 5) is 7.92. The van der Waals surface area contributed by atoms with Gasteiger partial charge in [0, 0.05) is 12.1 Å². The molecule has 0 saturated heterocycles. The van der Waals surface area contributed by atoms with Crippen LogP contribution in [0.4, 0.5) is 5.82 Å². The second-order valence-corrected chi connectivity index (χ2v) is 3.26. The molecule has 2 rings (SSSR count). The number of nitrogens with one attached hydrogen (secondary N) is 1. The molecule has 2 unspecified atom stereocenters. The van der Waals surface area contributed by atoms with Crippen LogP contribution >= 0.6 is 11.6 Å². The summed E-state index contributed by atoms with van der Waals surface area (Å²) < 4.78 is 0. The standard InChI is InChI=1S/C7H9ClN4/c8-6-2-10-3-7(12-6)11-5-1-4(5)9/h2-5H,1,9H2,(H,11,12). The van der Waals surface area contributed by atoms with Crippen molar-refractivity contribution in [1.82, 2.24) is 9.97 Å². The molecule has 1 saturated carbocycles. The van der Waals surface area contributed by atoms with Crippen molar-refractivity contribution in [3.63, 3.8) is 0 Å². The van der Waals surface area contributed by atoms with Crippen molar-refractivity contribution in [3.8, 4) is 0 Å². The zero-order valence-corrected chi connectivity index (χ0v) is 7.12. The van der Waals surface area contributed by atoms with Crippen LogP contribution in [0.25, 0.3) is 0 Å². The SMILES string of the molecule is NC1CC1Nc1cncc(Cl)n1. The summed E-state index contributed by atoms with van der Waals surface area (Å²) in [6, 6.07) is 0.601. The molecule has 0 amide bonds. The van der Waals surface area contributed by atoms with Gasteiger partial charge in [-0.1, -0.05) is 11.6 Å². The highest BCUT2D eigenvalue weighted by Crippen LogP contribution is 2.22. The van der Waals surface area contributed by atoms with Crippen molar-refractivity contribution < 1.29 is 0 Å². The van der Waals surface area contributed by atoms with Crippen LogP contribution in [0.1, 0.15) is 6.42 Å². The smallest absolute Gasteiger partial charge is 0.149 e. The molecule has 0 aromatic carbocycles. The van der Waals surface area contributed by atoms with E-state index in [4.69, 9.17) is 17.3 Å². The minimum atomic E-state index is 0.255. The molecule has 4 nitrogen and oxygen atoms in total. The van der Waals surface area contributed by atoms with Crippen molar-refractivity contribution in [3.05, 3.63) is 17.5 Å². The fourth-order valence-electron chi connectivity index (χ4n) is 0.982. The first kappa shape index (κ1) is 7.76. The first-order valence-corrected chi connectivity index (χ1v) is 4.13. The monoisotopic (exact) mass is 184 g/mol. The van der Waals surface area contributed by atoms with Crippen molar-refractivity contribution in [2.24, 2.45) is 5.73 Å². The van der Waals surface area contributed by atoms with E-state index in [0.717, 1.165) is 6.42 Å². The van der Waals surface area contributed by atoms with Crippen molar-refractivity contribution in [2.45, 2.75) is 18.5 Å². The summed E-state index contributed by atoms with van der Waals surface area (Å²) in [6.45, 7) is 0. The Kier molecular flexibility index (Phi) is 1.86. The first-order chi connectivity index (χ1) is 5.75. The average molecular weight is 185 g/mol. The first-order valence-electron chi connectivity index (χ1n) is 3.75. The molecule has 5 heteroatoms. The van der Waals surface area contributed by atoms with Gasteiger partial charge in [0.1, 0.15) is 11.0 Å². The van der Waals surface area contributed by atoms with Crippen molar-refractivity contribution in [2.75, 3.05) is 5.32 Å². The maximum absolute atomic E-state index is 5.64. The Bertz CT molecular complexity index is 290. The molecule has 12 heavy (non-hydrogen) atoms. The zero-order valence-electron chi connectivity index (χ0n) is 6.37. The largest absolute Gasteiger partial charge is 0.364 e. The predicted molar refractivity (Wildman–Crippen MR) is 47.0 cm³/mol. The minimum absolute atomic E-state index is 0.255. The summed E-state index contributed by atoms with van der Waals surface area (Å²) in [6.07, 6.45) is 4.13. The highest BCUT2D eigenvalue weighted by molar-refractivity contribution is 6.29. The molecule has 1 aromatic heterocycles. The molecular formula is C7H9ClN4. The molecule has 0 bridgehead atoms. The van der Waals surface area contributed by atoms with E-state index >= 15 is 0 Å². The van der Waals surface area contributed by atoms with Crippen LogP contribution in [0, 0.1) is 0 Å². The Hall–Kier alpha value is -0.870. The van der Waals surface area contributed by atoms with Crippen LogP contribution < -0.4 is 11.1 Å². The maximum atomic E-state index is 5.64. The van der Waals surface area contributed by atoms with E-state index in [1.54, 1.807) is 6.20 Å². The van der Waals surface area contributed by atoms with Gasteiger partial charge in [-0.25, -0.2) is 4.98 Å². The van der Waals surface area contributed by atoms with Gasteiger partial charge in [-0.3, -0.25) is 4.98 Å². The van der Waals surface area contributed by atoms with E-state index in [2.05, 4.69) is 15.3 Å². The van der Waals surface area contributed by atoms with Crippen LogP contribution in [0.2, 0.25) is 5.15 Å². The lowest BCUT2D eigenvalue weighted by Crippen LogP contribution is -2.14. The predicted octanol–water partition coefficient (Wildman–Crippen LogP) is 0.641. The molecule has 0 aliphatic heterocycles. The summed E-state index contributed by atoms with van der Waals surface area (Å²) in [5, 5.41) is 3.52. The van der Waals surface area contributed by atoms with Gasteiger partial charge in [-0.15, -0.1) is 0 Å². The van der Waals surface area contributed by atoms with Crippen LogP contribution in [0.3, 0.4) is 0 Å². The van der Waals surface area contributed by atoms with E-state index in [1.165, 1.54) is 6.20 Å². The molecule has 64 valence electrons. The topological polar surface area (TPSA) is 63.8 Å². The quantitative estimate of drug-likeness (QED) is 0.708. The second-order valence-electron chi connectivity index (χ2n) is 2.88. The van der Waals surface area contributed by atoms with Crippen LogP contribution in [-0.2, 0) is 0 Å². The Balaban J connectivity index is 2.03. The lowest BCUT2D eigenvalue weighted by atomic mass is 10.6. The molecule has 1 fully saturated rings. The number of hydrogen-bond donors (Lipinski definition) is 2. The third-order valence-electron chi connectivity index (χ3n) is 1.78. The molecule has 0 radical (unpaired) electrons. The van der Waals surface area contributed by atoms with Crippen molar-refractivity contribution >= 4 is 17.4 Å². The third kappa shape index (κ3) is 1.65. The Morgan fingerprint density at radius 2 is 2.33 bits per heavy atom. The fraction of sp³-hybridized carbons (Fsp3) is 0.429. The summed E-state index contributed by atoms with van der Waals surface area (Å²) in [5.74, 6) is 0.695. The number of hydrogen-bond acceptors (Lipinski definition) is 4. The average Bonchev–Trinajstić information content (AvgIpc) is 2.66. The molecule has 1 aromatic rings. The van der Waals surface area contributed by atoms with E-state index in [0.29, 0.717) is 17.0 Å². The molecule has 2 atom stereocenters. The van der Waals surface area contributed by atoms with Gasteiger partial charge < -0.3 is 11.1 Å². The van der Waals surface area contributed by atoms with Gasteiger partial charge in [-0.2, -0.15) is 0 Å². The van der Waals surface area contributed by atoms with Crippen LogP contribution in [-0.4, -0.2) is 22.1 Å². The van der Waals surface area contributed by atoms with Crippen LogP contribution in [0.15, 0.2) is 12.4 Å². The van der Waals surface area contributed by atoms with E-state index in [9.17, 15) is 0 Å². The van der Waals surface area contributed by atoms with Gasteiger partial charge in [-0.05, 0) is 6.42 Å². The number of rotatable bonds is 2. The number of aromatic nitrogens is 2. The number of nitrogens with two attached hydrogens (primary N) is 1. The number of halogens is 1. The maximum Gasteiger partial charge on any atom is 0.149 e. The lowest BCUT2D eigenvalue weighted by molar-refractivity contribution is 0.991. The molecule has 3 N–H and O–H groups in total. The molecular weight excluding hydrogens is 176 g/mol. The Morgan fingerprint density at radius 3 is 2.92 bits per heavy atom. The second kappa shape index (κ2) is 2.88. The molecule has 1 aliphatic rings. The summed E-state index contributed by atoms with van der Waals surface area (Å²) >= 11 is 5.64. The number of nitrogens with zero attached hydrogens (tertiary/aromatic N) is 2. The lowest BCUT2D eigenvalue weighted by Gasteiger charge is -2.01. The zero-order chi connectivity index (χ0) is 8.55. The normalized spacial score (nSPS) is 26.8. The highest BCUT2D eigenvalue weighted by atomic mass is 35.5. The Morgan fingerprint density at radius 1 is 1.58 bits per heavy atom. The summed E-state index contributed by atoms with van der Waals surface area (Å²) in [7, 11) is 0. The van der Waals surface area contributed by atoms with Gasteiger partial charge in [0.2, 0.25) is 0 Å². The van der Waals surface area contributed by atoms with Crippen molar-refractivity contribution in [1.29, 1.82) is 0 Å². The van der Waals surface area contributed by atoms with Gasteiger partial charge in [0.05, 0.1) is 12.4 Å². The number of anilines is 1. The minimum Gasteiger partial charge on any atom is -0.364 e. The van der Waals surface area contributed by atoms with Gasteiger partial charge in [0.25, 0.3) is 0 Å². The van der Waals surface area contributed by atoms with Gasteiger partial charge in [0.15, 0.2) is 0 Å². The molecule has 0 spiro atoms. The molecule has 1 aliphatic carbocycles. The molecule has 1 heterocycles. The summed E-state index contributed by atoms with van der Waals surface area (Å²) in [5.41, 5.74) is 5.61. The fourth-order valence-corrected chi connectivity index (χ4v) is 1.13. The van der Waals surface area contributed by atoms with Gasteiger partial charge >= 0.3 is 0 Å². The van der Waals surface area contributed by atoms with Crippen LogP contribution in [0.5, 0.6) is 0 Å². The van der Waals surface area contributed by atoms with E-state index in [-0.39, 0.29) is 6.04 Å². The van der Waals surface area contributed by atoms with E-state index in [1.807, 2.05) is 0 Å². The third-order valence-corrected chi connectivity index (χ3v) is 1.96.